The first kappa shape index (κ1) is 9.79. The van der Waals surface area contributed by atoms with Gasteiger partial charge in [0.1, 0.15) is 6.73 Å². The molecule has 0 atom stereocenters. The van der Waals surface area contributed by atoms with Crippen LogP contribution in [0.3, 0.4) is 0 Å². The second-order valence-electron chi connectivity index (χ2n) is 1.40. The van der Waals surface area contributed by atoms with Gasteiger partial charge in [0.2, 0.25) is 0 Å². The second kappa shape index (κ2) is 6.90. The third kappa shape index (κ3) is 6.68. The van der Waals surface area contributed by atoms with Crippen LogP contribution in [0.15, 0.2) is 5.10 Å². The van der Waals surface area contributed by atoms with Crippen molar-refractivity contribution in [2.45, 2.75) is 0 Å². The van der Waals surface area contributed by atoms with E-state index in [2.05, 4.69) is 20.7 Å². The van der Waals surface area contributed by atoms with Crippen LogP contribution in [-0.4, -0.2) is 26.3 Å². The Morgan fingerprint density at radius 3 is 3.09 bits per heavy atom. The minimum atomic E-state index is -0.670. The third-order valence-corrected chi connectivity index (χ3v) is 0.633. The lowest BCUT2D eigenvalue weighted by molar-refractivity contribution is 0.160. The van der Waals surface area contributed by atoms with Crippen molar-refractivity contribution in [3.8, 4) is 0 Å². The van der Waals surface area contributed by atoms with Crippen LogP contribution in [-0.2, 0) is 4.74 Å². The van der Waals surface area contributed by atoms with Crippen LogP contribution in [0, 0.1) is 0 Å². The third-order valence-electron chi connectivity index (χ3n) is 0.633. The Labute approximate surface area is 62.8 Å². The van der Waals surface area contributed by atoms with Crippen LogP contribution < -0.4 is 16.3 Å². The highest BCUT2D eigenvalue weighted by molar-refractivity contribution is 5.73. The minimum absolute atomic E-state index is 0.0318. The van der Waals surface area contributed by atoms with Crippen molar-refractivity contribution in [2.24, 2.45) is 5.10 Å². The molecule has 0 bridgehead atoms. The van der Waals surface area contributed by atoms with Crippen molar-refractivity contribution < 1.29 is 13.9 Å². The summed E-state index contributed by atoms with van der Waals surface area (Å²) in [5.74, 6) is 0. The fourth-order valence-electron chi connectivity index (χ4n) is 0.300. The number of amides is 2. The molecule has 0 saturated heterocycles. The van der Waals surface area contributed by atoms with Gasteiger partial charge in [-0.25, -0.2) is 15.6 Å². The highest BCUT2D eigenvalue weighted by Gasteiger charge is 1.93. The molecule has 64 valence electrons. The number of nitrogens with one attached hydrogen (secondary N) is 3. The van der Waals surface area contributed by atoms with E-state index in [1.54, 1.807) is 0 Å². The summed E-state index contributed by atoms with van der Waals surface area (Å²) in [6.07, 6.45) is 0. The Kier molecular flexibility index (Phi) is 6.14. The molecule has 11 heavy (non-hydrogen) atoms. The number of hydrazone groups is 1. The van der Waals surface area contributed by atoms with Gasteiger partial charge in [0.15, 0.2) is 6.47 Å². The summed E-state index contributed by atoms with van der Waals surface area (Å²) in [5, 5.41) is 2.82. The quantitative estimate of drug-likeness (QED) is 0.223. The minimum Gasteiger partial charge on any atom is -0.368 e. The maximum Gasteiger partial charge on any atom is 0.349 e. The molecule has 0 aromatic carbocycles. The zero-order valence-corrected chi connectivity index (χ0v) is 5.93. The number of carbonyl (C=O) groups is 1. The Bertz CT molecular complexity index is 140. The molecular formula is C4H9FN4O2. The van der Waals surface area contributed by atoms with E-state index in [0.29, 0.717) is 0 Å². The number of methoxy groups -OCH3 is 1. The van der Waals surface area contributed by atoms with E-state index in [-0.39, 0.29) is 13.2 Å². The van der Waals surface area contributed by atoms with Gasteiger partial charge in [-0.2, -0.15) is 4.39 Å². The first-order valence-electron chi connectivity index (χ1n) is 2.70. The predicted octanol–water partition coefficient (Wildman–Crippen LogP) is -0.693. The van der Waals surface area contributed by atoms with E-state index >= 15 is 0 Å². The number of halogens is 1. The van der Waals surface area contributed by atoms with Gasteiger partial charge in [0.05, 0.1) is 0 Å². The number of hydrazine groups is 1. The zero-order chi connectivity index (χ0) is 8.53. The first-order valence-corrected chi connectivity index (χ1v) is 2.70. The van der Waals surface area contributed by atoms with Crippen molar-refractivity contribution in [3.63, 3.8) is 0 Å². The Morgan fingerprint density at radius 2 is 2.55 bits per heavy atom. The summed E-state index contributed by atoms with van der Waals surface area (Å²) in [6, 6.07) is -0.670. The van der Waals surface area contributed by atoms with Crippen LogP contribution >= 0.6 is 0 Å². The van der Waals surface area contributed by atoms with Crippen LogP contribution in [0.2, 0.25) is 0 Å². The van der Waals surface area contributed by atoms with E-state index < -0.39 is 6.03 Å². The molecule has 0 aromatic rings. The van der Waals surface area contributed by atoms with Crippen molar-refractivity contribution in [1.29, 1.82) is 0 Å². The summed E-state index contributed by atoms with van der Waals surface area (Å²) < 4.78 is 15.7. The molecule has 0 radical (unpaired) electrons. The lowest BCUT2D eigenvalue weighted by atomic mass is 11.1. The van der Waals surface area contributed by atoms with Crippen LogP contribution in [0.5, 0.6) is 0 Å². The molecular weight excluding hydrogens is 155 g/mol. The summed E-state index contributed by atoms with van der Waals surface area (Å²) in [5.41, 5.74) is 6.29. The molecule has 0 aromatic heterocycles. The molecule has 0 unspecified atom stereocenters. The van der Waals surface area contributed by atoms with Gasteiger partial charge < -0.3 is 4.74 Å². The fourth-order valence-corrected chi connectivity index (χ4v) is 0.300. The standard InChI is InChI=1S/C4H9FN4O2/c1-11-3-7-9-4(10)8-6-2-5/h2,7H,3H2,1H3,(H2,8,9,10). The average Bonchev–Trinajstić information content (AvgIpc) is 2.01. The monoisotopic (exact) mass is 164 g/mol. The van der Waals surface area contributed by atoms with Gasteiger partial charge in [0.25, 0.3) is 0 Å². The molecule has 0 aliphatic heterocycles. The maximum atomic E-state index is 11.2. The molecule has 0 aliphatic rings. The van der Waals surface area contributed by atoms with Crippen molar-refractivity contribution in [1.82, 2.24) is 16.3 Å². The molecule has 7 heteroatoms. The lowest BCUT2D eigenvalue weighted by Crippen LogP contribution is -2.43. The molecule has 6 nitrogen and oxygen atoms in total. The predicted molar refractivity (Wildman–Crippen MR) is 36.3 cm³/mol. The number of rotatable bonds is 4. The van der Waals surface area contributed by atoms with Crippen LogP contribution in [0.25, 0.3) is 0 Å². The topological polar surface area (TPSA) is 74.8 Å². The van der Waals surface area contributed by atoms with E-state index in [9.17, 15) is 9.18 Å². The van der Waals surface area contributed by atoms with Crippen LogP contribution in [0.1, 0.15) is 0 Å². The Hall–Kier alpha value is -1.21. The Morgan fingerprint density at radius 1 is 1.82 bits per heavy atom. The zero-order valence-electron chi connectivity index (χ0n) is 5.93. The summed E-state index contributed by atoms with van der Waals surface area (Å²) >= 11 is 0. The van der Waals surface area contributed by atoms with Crippen molar-refractivity contribution >= 4 is 12.5 Å². The van der Waals surface area contributed by atoms with E-state index in [0.717, 1.165) is 0 Å². The van der Waals surface area contributed by atoms with Crippen molar-refractivity contribution in [2.75, 3.05) is 13.8 Å². The maximum absolute atomic E-state index is 11.2. The van der Waals surface area contributed by atoms with Crippen LogP contribution in [0.4, 0.5) is 9.18 Å². The summed E-state index contributed by atoms with van der Waals surface area (Å²) in [4.78, 5) is 10.5. The fraction of sp³-hybridized carbons (Fsp3) is 0.500. The first-order chi connectivity index (χ1) is 5.31. The molecule has 0 aliphatic carbocycles. The van der Waals surface area contributed by atoms with E-state index in [4.69, 9.17) is 0 Å². The van der Waals surface area contributed by atoms with Gasteiger partial charge in [-0.15, -0.1) is 5.10 Å². The summed E-state index contributed by atoms with van der Waals surface area (Å²) in [6.45, 7) is 0.128. The molecule has 0 saturated carbocycles. The van der Waals surface area contributed by atoms with Gasteiger partial charge in [-0.05, 0) is 0 Å². The number of ether oxygens (including phenoxy) is 1. The molecule has 0 fully saturated rings. The number of hydrogen-bond acceptors (Lipinski definition) is 4. The number of nitrogens with zero attached hydrogens (tertiary/aromatic N) is 1. The number of carbonyl (C=O) groups excluding carboxylic acids is 1. The largest absolute Gasteiger partial charge is 0.368 e. The number of urea groups is 1. The SMILES string of the molecule is COCNNC(=O)NN=CF. The molecule has 3 N–H and O–H groups in total. The smallest absolute Gasteiger partial charge is 0.349 e. The highest BCUT2D eigenvalue weighted by Crippen LogP contribution is 1.62. The van der Waals surface area contributed by atoms with Gasteiger partial charge in [-0.3, -0.25) is 5.43 Å². The molecule has 0 rings (SSSR count). The number of hydrogen-bond donors (Lipinski definition) is 3. The van der Waals surface area contributed by atoms with Crippen molar-refractivity contribution in [3.05, 3.63) is 0 Å². The summed E-state index contributed by atoms with van der Waals surface area (Å²) in [7, 11) is 1.45. The average molecular weight is 164 g/mol. The van der Waals surface area contributed by atoms with Gasteiger partial charge in [-0.1, -0.05) is 0 Å². The molecule has 0 spiro atoms. The van der Waals surface area contributed by atoms with Gasteiger partial charge >= 0.3 is 6.03 Å². The molecule has 2 amide bonds. The van der Waals surface area contributed by atoms with E-state index in [1.165, 1.54) is 7.11 Å². The Balaban J connectivity index is 3.23. The molecule has 0 heterocycles. The van der Waals surface area contributed by atoms with Gasteiger partial charge in [0, 0.05) is 7.11 Å². The normalized spacial score (nSPS) is 10.0. The highest BCUT2D eigenvalue weighted by atomic mass is 19.1. The van der Waals surface area contributed by atoms with E-state index in [1.807, 2.05) is 5.43 Å². The second-order valence-corrected chi connectivity index (χ2v) is 1.40. The lowest BCUT2D eigenvalue weighted by Gasteiger charge is -2.03.